The number of nitrogens with two attached hydrogens (primary N) is 1. The van der Waals surface area contributed by atoms with Crippen molar-refractivity contribution >= 4 is 16.0 Å². The molecule has 0 spiro atoms. The Bertz CT molecular complexity index is 496. The van der Waals surface area contributed by atoms with Crippen LogP contribution in [-0.4, -0.2) is 20.8 Å². The number of hydrogen-bond donors (Lipinski definition) is 4. The van der Waals surface area contributed by atoms with E-state index in [4.69, 9.17) is 11.1 Å². The van der Waals surface area contributed by atoms with Gasteiger partial charge < -0.3 is 5.73 Å². The topological polar surface area (TPSA) is 108 Å². The Labute approximate surface area is 107 Å². The number of rotatable bonds is 7. The van der Waals surface area contributed by atoms with Crippen LogP contribution in [0.2, 0.25) is 0 Å². The van der Waals surface area contributed by atoms with Crippen molar-refractivity contribution in [2.75, 3.05) is 6.54 Å². The van der Waals surface area contributed by atoms with E-state index in [0.29, 0.717) is 12.1 Å². The van der Waals surface area contributed by atoms with E-state index in [1.54, 1.807) is 24.3 Å². The summed E-state index contributed by atoms with van der Waals surface area (Å²) in [5, 5.41) is 7.24. The molecule has 1 aromatic carbocycles. The molecular formula is C11H18N4O2S. The molecule has 0 amide bonds. The van der Waals surface area contributed by atoms with Crippen LogP contribution in [0.3, 0.4) is 0 Å². The number of benzene rings is 1. The predicted octanol–water partition coefficient (Wildman–Crippen LogP) is 0.305. The lowest BCUT2D eigenvalue weighted by atomic mass is 10.1. The molecule has 1 aromatic rings. The highest BCUT2D eigenvalue weighted by Gasteiger charge is 2.07. The van der Waals surface area contributed by atoms with Gasteiger partial charge in [-0.25, -0.2) is 4.72 Å². The van der Waals surface area contributed by atoms with Gasteiger partial charge in [-0.05, 0) is 12.0 Å². The highest BCUT2D eigenvalue weighted by molar-refractivity contribution is 7.87. The molecule has 0 unspecified atom stereocenters. The second kappa shape index (κ2) is 6.48. The monoisotopic (exact) mass is 270 g/mol. The Balaban J connectivity index is 2.56. The maximum atomic E-state index is 11.5. The SMILES string of the molecule is CCCNS(=O)(=O)NCc1ccc(C(=N)N)cc1. The lowest BCUT2D eigenvalue weighted by Gasteiger charge is -2.07. The van der Waals surface area contributed by atoms with Crippen LogP contribution in [0.1, 0.15) is 24.5 Å². The summed E-state index contributed by atoms with van der Waals surface area (Å²) in [5.41, 5.74) is 6.75. The van der Waals surface area contributed by atoms with E-state index >= 15 is 0 Å². The fourth-order valence-corrected chi connectivity index (χ4v) is 2.20. The molecule has 0 aliphatic carbocycles. The predicted molar refractivity (Wildman–Crippen MR) is 71.5 cm³/mol. The Morgan fingerprint density at radius 1 is 1.28 bits per heavy atom. The molecule has 1 rings (SSSR count). The third-order valence-electron chi connectivity index (χ3n) is 2.27. The van der Waals surface area contributed by atoms with Crippen molar-refractivity contribution in [1.29, 1.82) is 5.41 Å². The molecule has 100 valence electrons. The zero-order chi connectivity index (χ0) is 13.6. The van der Waals surface area contributed by atoms with Crippen molar-refractivity contribution in [3.05, 3.63) is 35.4 Å². The number of amidine groups is 1. The highest BCUT2D eigenvalue weighted by Crippen LogP contribution is 2.03. The molecule has 5 N–H and O–H groups in total. The quantitative estimate of drug-likeness (QED) is 0.423. The number of nitrogen functional groups attached to an aromatic ring is 1. The van der Waals surface area contributed by atoms with Gasteiger partial charge in [0.05, 0.1) is 0 Å². The van der Waals surface area contributed by atoms with Crippen LogP contribution in [0.15, 0.2) is 24.3 Å². The minimum atomic E-state index is -3.44. The van der Waals surface area contributed by atoms with Gasteiger partial charge in [0.25, 0.3) is 10.2 Å². The third kappa shape index (κ3) is 4.82. The van der Waals surface area contributed by atoms with Crippen molar-refractivity contribution in [2.24, 2.45) is 5.73 Å². The van der Waals surface area contributed by atoms with Crippen molar-refractivity contribution in [1.82, 2.24) is 9.44 Å². The molecule has 0 heterocycles. The Hall–Kier alpha value is -1.44. The zero-order valence-electron chi connectivity index (χ0n) is 10.2. The second-order valence-electron chi connectivity index (χ2n) is 3.83. The normalized spacial score (nSPS) is 11.4. The Morgan fingerprint density at radius 2 is 1.89 bits per heavy atom. The summed E-state index contributed by atoms with van der Waals surface area (Å²) < 4.78 is 27.8. The summed E-state index contributed by atoms with van der Waals surface area (Å²) in [6.07, 6.45) is 0.744. The fraction of sp³-hybridized carbons (Fsp3) is 0.364. The molecule has 0 saturated carbocycles. The number of hydrogen-bond acceptors (Lipinski definition) is 3. The molecule has 0 atom stereocenters. The first-order valence-corrected chi connectivity index (χ1v) is 7.10. The highest BCUT2D eigenvalue weighted by atomic mass is 32.2. The van der Waals surface area contributed by atoms with Crippen molar-refractivity contribution in [3.63, 3.8) is 0 Å². The molecule has 0 saturated heterocycles. The van der Waals surface area contributed by atoms with E-state index in [9.17, 15) is 8.42 Å². The van der Waals surface area contributed by atoms with E-state index in [1.165, 1.54) is 0 Å². The summed E-state index contributed by atoms with van der Waals surface area (Å²) in [6, 6.07) is 6.84. The average molecular weight is 270 g/mol. The van der Waals surface area contributed by atoms with Gasteiger partial charge in [-0.1, -0.05) is 31.2 Å². The first-order valence-electron chi connectivity index (χ1n) is 5.62. The van der Waals surface area contributed by atoms with Gasteiger partial charge in [-0.2, -0.15) is 13.1 Å². The second-order valence-corrected chi connectivity index (χ2v) is 5.41. The van der Waals surface area contributed by atoms with E-state index in [2.05, 4.69) is 9.44 Å². The summed E-state index contributed by atoms with van der Waals surface area (Å²) >= 11 is 0. The molecule has 0 aromatic heterocycles. The summed E-state index contributed by atoms with van der Waals surface area (Å²) in [5.74, 6) is -0.00765. The minimum Gasteiger partial charge on any atom is -0.384 e. The zero-order valence-corrected chi connectivity index (χ0v) is 11.0. The first kappa shape index (κ1) is 14.6. The van der Waals surface area contributed by atoms with Crippen LogP contribution < -0.4 is 15.2 Å². The van der Waals surface area contributed by atoms with Crippen LogP contribution in [-0.2, 0) is 16.8 Å². The van der Waals surface area contributed by atoms with Gasteiger partial charge in [-0.15, -0.1) is 0 Å². The smallest absolute Gasteiger partial charge is 0.277 e. The first-order chi connectivity index (χ1) is 8.44. The average Bonchev–Trinajstić information content (AvgIpc) is 2.35. The van der Waals surface area contributed by atoms with Gasteiger partial charge in [-0.3, -0.25) is 5.41 Å². The maximum absolute atomic E-state index is 11.5. The van der Waals surface area contributed by atoms with Crippen LogP contribution >= 0.6 is 0 Å². The third-order valence-corrected chi connectivity index (χ3v) is 3.38. The molecule has 0 fully saturated rings. The van der Waals surface area contributed by atoms with Crippen LogP contribution in [0.4, 0.5) is 0 Å². The standard InChI is InChI=1S/C11H18N4O2S/c1-2-7-14-18(16,17)15-8-9-3-5-10(6-4-9)11(12)13/h3-6,14-15H,2,7-8H2,1H3,(H3,12,13). The lowest BCUT2D eigenvalue weighted by molar-refractivity contribution is 0.565. The summed E-state index contributed by atoms with van der Waals surface area (Å²) in [7, 11) is -3.44. The van der Waals surface area contributed by atoms with Gasteiger partial charge >= 0.3 is 0 Å². The van der Waals surface area contributed by atoms with Gasteiger partial charge in [0.2, 0.25) is 0 Å². The largest absolute Gasteiger partial charge is 0.384 e. The van der Waals surface area contributed by atoms with Crippen LogP contribution in [0.25, 0.3) is 0 Å². The summed E-state index contributed by atoms with van der Waals surface area (Å²) in [4.78, 5) is 0. The molecule has 6 nitrogen and oxygen atoms in total. The van der Waals surface area contributed by atoms with Gasteiger partial charge in [0.1, 0.15) is 5.84 Å². The van der Waals surface area contributed by atoms with E-state index in [1.807, 2.05) is 6.92 Å². The van der Waals surface area contributed by atoms with Crippen LogP contribution in [0, 0.1) is 5.41 Å². The molecule has 18 heavy (non-hydrogen) atoms. The van der Waals surface area contributed by atoms with E-state index < -0.39 is 10.2 Å². The van der Waals surface area contributed by atoms with E-state index in [-0.39, 0.29) is 12.4 Å². The van der Waals surface area contributed by atoms with Crippen LogP contribution in [0.5, 0.6) is 0 Å². The molecule has 0 aliphatic heterocycles. The molecule has 0 bridgehead atoms. The summed E-state index contributed by atoms with van der Waals surface area (Å²) in [6.45, 7) is 2.51. The maximum Gasteiger partial charge on any atom is 0.277 e. The van der Waals surface area contributed by atoms with Gasteiger partial charge in [0, 0.05) is 18.7 Å². The Morgan fingerprint density at radius 3 is 2.39 bits per heavy atom. The van der Waals surface area contributed by atoms with E-state index in [0.717, 1.165) is 12.0 Å². The Kier molecular flexibility index (Phi) is 5.26. The van der Waals surface area contributed by atoms with Gasteiger partial charge in [0.15, 0.2) is 0 Å². The lowest BCUT2D eigenvalue weighted by Crippen LogP contribution is -2.36. The molecular weight excluding hydrogens is 252 g/mol. The molecule has 0 aliphatic rings. The molecule has 7 heteroatoms. The fourth-order valence-electron chi connectivity index (χ4n) is 1.27. The van der Waals surface area contributed by atoms with Crippen molar-refractivity contribution < 1.29 is 8.42 Å². The van der Waals surface area contributed by atoms with Crippen molar-refractivity contribution in [3.8, 4) is 0 Å². The minimum absolute atomic E-state index is 0.00765. The number of nitrogens with one attached hydrogen (secondary N) is 3. The molecule has 0 radical (unpaired) electrons. The van der Waals surface area contributed by atoms with Crippen molar-refractivity contribution in [2.45, 2.75) is 19.9 Å².